The molecule has 0 unspecified atom stereocenters. The molecule has 3 rings (SSSR count). The van der Waals surface area contributed by atoms with E-state index in [1.165, 1.54) is 5.56 Å². The molecule has 0 saturated heterocycles. The number of carbonyl (C=O) groups excluding carboxylic acids is 1. The average molecular weight is 293 g/mol. The molecule has 0 N–H and O–H groups in total. The molecule has 0 aromatic heterocycles. The predicted molar refractivity (Wildman–Crippen MR) is 86.9 cm³/mol. The Morgan fingerprint density at radius 3 is 2.14 bits per heavy atom. The van der Waals surface area contributed by atoms with Gasteiger partial charge in [0.05, 0.1) is 11.3 Å². The van der Waals surface area contributed by atoms with Gasteiger partial charge in [0.2, 0.25) is 0 Å². The standard InChI is InChI=1S/C19H19NO2/c21-19(17-9-5-2-6-10-17)22-20-18-13-11-16(12-14-18)15-7-3-1-4-8-15/h1-10,16H,11-14H2. The quantitative estimate of drug-likeness (QED) is 0.615. The van der Waals surface area contributed by atoms with Crippen LogP contribution >= 0.6 is 0 Å². The normalized spacial score (nSPS) is 17.8. The molecule has 0 spiro atoms. The van der Waals surface area contributed by atoms with Crippen molar-refractivity contribution in [1.29, 1.82) is 0 Å². The minimum Gasteiger partial charge on any atom is -0.313 e. The van der Waals surface area contributed by atoms with E-state index >= 15 is 0 Å². The van der Waals surface area contributed by atoms with E-state index in [4.69, 9.17) is 4.84 Å². The van der Waals surface area contributed by atoms with E-state index in [1.807, 2.05) is 24.3 Å². The summed E-state index contributed by atoms with van der Waals surface area (Å²) < 4.78 is 0. The Morgan fingerprint density at radius 1 is 0.909 bits per heavy atom. The molecular weight excluding hydrogens is 274 g/mol. The lowest BCUT2D eigenvalue weighted by atomic mass is 9.83. The van der Waals surface area contributed by atoms with Gasteiger partial charge in [-0.3, -0.25) is 0 Å². The largest absolute Gasteiger partial charge is 0.365 e. The molecule has 0 amide bonds. The van der Waals surface area contributed by atoms with E-state index in [0.29, 0.717) is 11.5 Å². The van der Waals surface area contributed by atoms with Crippen LogP contribution in [0.5, 0.6) is 0 Å². The fourth-order valence-electron chi connectivity index (χ4n) is 2.83. The molecule has 1 aliphatic rings. The summed E-state index contributed by atoms with van der Waals surface area (Å²) in [6.07, 6.45) is 3.90. The second-order valence-electron chi connectivity index (χ2n) is 5.59. The summed E-state index contributed by atoms with van der Waals surface area (Å²) in [7, 11) is 0. The second-order valence-corrected chi connectivity index (χ2v) is 5.59. The molecule has 22 heavy (non-hydrogen) atoms. The van der Waals surface area contributed by atoms with Gasteiger partial charge < -0.3 is 4.84 Å². The molecule has 2 aromatic rings. The third-order valence-corrected chi connectivity index (χ3v) is 4.10. The molecule has 0 atom stereocenters. The van der Waals surface area contributed by atoms with E-state index in [1.54, 1.807) is 12.1 Å². The van der Waals surface area contributed by atoms with Crippen molar-refractivity contribution in [1.82, 2.24) is 0 Å². The summed E-state index contributed by atoms with van der Waals surface area (Å²) in [5, 5.41) is 4.05. The molecule has 2 aromatic carbocycles. The highest BCUT2D eigenvalue weighted by atomic mass is 16.7. The van der Waals surface area contributed by atoms with Gasteiger partial charge in [0.1, 0.15) is 0 Å². The van der Waals surface area contributed by atoms with E-state index in [2.05, 4.69) is 29.4 Å². The number of carbonyl (C=O) groups is 1. The first kappa shape index (κ1) is 14.5. The number of oxime groups is 1. The Bertz CT molecular complexity index is 640. The first-order valence-corrected chi connectivity index (χ1v) is 7.70. The summed E-state index contributed by atoms with van der Waals surface area (Å²) in [5.74, 6) is 0.197. The first-order chi connectivity index (χ1) is 10.8. The summed E-state index contributed by atoms with van der Waals surface area (Å²) in [6.45, 7) is 0. The zero-order chi connectivity index (χ0) is 15.2. The van der Waals surface area contributed by atoms with Gasteiger partial charge >= 0.3 is 5.97 Å². The van der Waals surface area contributed by atoms with Gasteiger partial charge in [0, 0.05) is 0 Å². The van der Waals surface area contributed by atoms with Gasteiger partial charge in [-0.1, -0.05) is 53.7 Å². The van der Waals surface area contributed by atoms with E-state index in [0.717, 1.165) is 31.4 Å². The highest BCUT2D eigenvalue weighted by Crippen LogP contribution is 2.31. The van der Waals surface area contributed by atoms with Crippen molar-refractivity contribution in [2.75, 3.05) is 0 Å². The molecule has 1 fully saturated rings. The van der Waals surface area contributed by atoms with E-state index in [9.17, 15) is 4.79 Å². The predicted octanol–water partition coefficient (Wildman–Crippen LogP) is 4.56. The Morgan fingerprint density at radius 2 is 1.50 bits per heavy atom. The van der Waals surface area contributed by atoms with Crippen LogP contribution in [0.2, 0.25) is 0 Å². The summed E-state index contributed by atoms with van der Waals surface area (Å²) in [4.78, 5) is 16.9. The van der Waals surface area contributed by atoms with Gasteiger partial charge in [0.15, 0.2) is 0 Å². The number of benzene rings is 2. The minimum absolute atomic E-state index is 0.390. The maximum atomic E-state index is 11.8. The van der Waals surface area contributed by atoms with Crippen molar-refractivity contribution < 1.29 is 9.63 Å². The Labute approximate surface area is 130 Å². The van der Waals surface area contributed by atoms with Crippen LogP contribution in [0.3, 0.4) is 0 Å². The summed E-state index contributed by atoms with van der Waals surface area (Å²) in [6, 6.07) is 19.5. The molecule has 1 saturated carbocycles. The monoisotopic (exact) mass is 293 g/mol. The van der Waals surface area contributed by atoms with Crippen LogP contribution < -0.4 is 0 Å². The Kier molecular flexibility index (Phi) is 4.64. The Balaban J connectivity index is 1.54. The van der Waals surface area contributed by atoms with Gasteiger partial charge in [-0.05, 0) is 49.3 Å². The molecule has 3 heteroatoms. The highest BCUT2D eigenvalue weighted by molar-refractivity contribution is 5.91. The fraction of sp³-hybridized carbons (Fsp3) is 0.263. The lowest BCUT2D eigenvalue weighted by molar-refractivity contribution is 0.0513. The van der Waals surface area contributed by atoms with Crippen LogP contribution in [-0.4, -0.2) is 11.7 Å². The number of rotatable bonds is 3. The molecule has 0 bridgehead atoms. The van der Waals surface area contributed by atoms with Crippen molar-refractivity contribution in [2.24, 2.45) is 5.16 Å². The summed E-state index contributed by atoms with van der Waals surface area (Å²) >= 11 is 0. The van der Waals surface area contributed by atoms with Crippen LogP contribution in [0, 0.1) is 0 Å². The summed E-state index contributed by atoms with van der Waals surface area (Å²) in [5.41, 5.74) is 2.91. The first-order valence-electron chi connectivity index (χ1n) is 7.70. The van der Waals surface area contributed by atoms with Crippen molar-refractivity contribution in [3.8, 4) is 0 Å². The van der Waals surface area contributed by atoms with Crippen LogP contribution in [-0.2, 0) is 4.84 Å². The second kappa shape index (κ2) is 7.03. The van der Waals surface area contributed by atoms with Crippen molar-refractivity contribution in [2.45, 2.75) is 31.6 Å². The molecule has 0 heterocycles. The minimum atomic E-state index is -0.390. The molecule has 112 valence electrons. The number of nitrogens with zero attached hydrogens (tertiary/aromatic N) is 1. The zero-order valence-electron chi connectivity index (χ0n) is 12.4. The van der Waals surface area contributed by atoms with Crippen molar-refractivity contribution >= 4 is 11.7 Å². The Hall–Kier alpha value is -2.42. The molecule has 3 nitrogen and oxygen atoms in total. The van der Waals surface area contributed by atoms with Crippen molar-refractivity contribution in [3.63, 3.8) is 0 Å². The maximum absolute atomic E-state index is 11.8. The van der Waals surface area contributed by atoms with Crippen LogP contribution in [0.4, 0.5) is 0 Å². The van der Waals surface area contributed by atoms with Crippen LogP contribution in [0.1, 0.15) is 47.5 Å². The third-order valence-electron chi connectivity index (χ3n) is 4.10. The highest BCUT2D eigenvalue weighted by Gasteiger charge is 2.19. The number of hydrogen-bond donors (Lipinski definition) is 0. The van der Waals surface area contributed by atoms with Gasteiger partial charge in [-0.2, -0.15) is 0 Å². The molecular formula is C19H19NO2. The molecule has 0 aliphatic heterocycles. The molecule has 0 radical (unpaired) electrons. The number of hydrogen-bond acceptors (Lipinski definition) is 3. The third kappa shape index (κ3) is 3.61. The lowest BCUT2D eigenvalue weighted by Gasteiger charge is -2.22. The SMILES string of the molecule is O=C(ON=C1CCC(c2ccccc2)CC1)c1ccccc1. The van der Waals surface area contributed by atoms with E-state index < -0.39 is 5.97 Å². The molecule has 1 aliphatic carbocycles. The van der Waals surface area contributed by atoms with Gasteiger partial charge in [0.25, 0.3) is 0 Å². The maximum Gasteiger partial charge on any atom is 0.365 e. The fourth-order valence-corrected chi connectivity index (χ4v) is 2.83. The topological polar surface area (TPSA) is 38.7 Å². The smallest absolute Gasteiger partial charge is 0.313 e. The van der Waals surface area contributed by atoms with Crippen LogP contribution in [0.15, 0.2) is 65.8 Å². The van der Waals surface area contributed by atoms with E-state index in [-0.39, 0.29) is 0 Å². The van der Waals surface area contributed by atoms with Crippen LogP contribution in [0.25, 0.3) is 0 Å². The van der Waals surface area contributed by atoms with Crippen molar-refractivity contribution in [3.05, 3.63) is 71.8 Å². The average Bonchev–Trinajstić information content (AvgIpc) is 2.61. The lowest BCUT2D eigenvalue weighted by Crippen LogP contribution is -2.14. The van der Waals surface area contributed by atoms with Gasteiger partial charge in [-0.15, -0.1) is 0 Å². The zero-order valence-corrected chi connectivity index (χ0v) is 12.4. The van der Waals surface area contributed by atoms with Gasteiger partial charge in [-0.25, -0.2) is 4.79 Å².